The number of hydrogen-bond acceptors (Lipinski definition) is 8. The van der Waals surface area contributed by atoms with Crippen molar-refractivity contribution in [2.75, 3.05) is 5.73 Å². The van der Waals surface area contributed by atoms with Crippen molar-refractivity contribution in [2.45, 2.75) is 13.3 Å². The van der Waals surface area contributed by atoms with Crippen LogP contribution in [0.25, 0.3) is 11.6 Å². The van der Waals surface area contributed by atoms with Crippen LogP contribution in [0.4, 0.5) is 5.13 Å². The summed E-state index contributed by atoms with van der Waals surface area (Å²) >= 11 is 1.38. The highest BCUT2D eigenvalue weighted by molar-refractivity contribution is 7.13. The van der Waals surface area contributed by atoms with E-state index in [1.54, 1.807) is 12.4 Å². The first-order chi connectivity index (χ1) is 9.20. The second-order valence-corrected chi connectivity index (χ2v) is 4.84. The first-order valence-corrected chi connectivity index (χ1v) is 6.40. The molecule has 7 nitrogen and oxygen atoms in total. The summed E-state index contributed by atoms with van der Waals surface area (Å²) in [5, 5.41) is 6.24. The summed E-state index contributed by atoms with van der Waals surface area (Å²) in [6, 6.07) is 0. The molecule has 0 amide bonds. The van der Waals surface area contributed by atoms with Gasteiger partial charge >= 0.3 is 0 Å². The third-order valence-electron chi connectivity index (χ3n) is 2.35. The Kier molecular flexibility index (Phi) is 2.92. The van der Waals surface area contributed by atoms with Crippen LogP contribution in [-0.4, -0.2) is 25.1 Å². The highest BCUT2D eigenvalue weighted by Crippen LogP contribution is 2.16. The lowest BCUT2D eigenvalue weighted by Gasteiger charge is -1.92. The van der Waals surface area contributed by atoms with Gasteiger partial charge in [0, 0.05) is 17.8 Å². The Balaban J connectivity index is 1.81. The standard InChI is InChI=1S/C11H10N6OS/c1-6-3-13-9(14-4-6)10-16-8(18-17-10)2-7-5-19-11(12)15-7/h3-5H,2H2,1H3,(H2,12,15). The third-order valence-corrected chi connectivity index (χ3v) is 3.07. The fourth-order valence-electron chi connectivity index (χ4n) is 1.48. The maximum absolute atomic E-state index is 5.56. The Bertz CT molecular complexity index is 689. The third kappa shape index (κ3) is 2.58. The molecule has 96 valence electrons. The van der Waals surface area contributed by atoms with Crippen molar-refractivity contribution in [2.24, 2.45) is 0 Å². The van der Waals surface area contributed by atoms with Gasteiger partial charge in [-0.15, -0.1) is 11.3 Å². The van der Waals surface area contributed by atoms with Crippen LogP contribution in [0, 0.1) is 6.92 Å². The zero-order valence-corrected chi connectivity index (χ0v) is 10.9. The van der Waals surface area contributed by atoms with E-state index in [2.05, 4.69) is 25.1 Å². The predicted octanol–water partition coefficient (Wildman–Crippen LogP) is 1.46. The molecule has 0 saturated heterocycles. The topological polar surface area (TPSA) is 104 Å². The average Bonchev–Trinajstić information content (AvgIpc) is 3.00. The quantitative estimate of drug-likeness (QED) is 0.771. The molecule has 0 atom stereocenters. The summed E-state index contributed by atoms with van der Waals surface area (Å²) in [7, 11) is 0. The molecule has 0 unspecified atom stereocenters. The molecule has 0 aromatic carbocycles. The molecule has 3 aromatic heterocycles. The van der Waals surface area contributed by atoms with Crippen LogP contribution in [-0.2, 0) is 6.42 Å². The van der Waals surface area contributed by atoms with Crippen LogP contribution in [0.15, 0.2) is 22.3 Å². The van der Waals surface area contributed by atoms with Gasteiger partial charge in [-0.25, -0.2) is 15.0 Å². The highest BCUT2D eigenvalue weighted by Gasteiger charge is 2.12. The zero-order valence-electron chi connectivity index (χ0n) is 10.1. The van der Waals surface area contributed by atoms with Crippen LogP contribution in [0.5, 0.6) is 0 Å². The van der Waals surface area contributed by atoms with Crippen molar-refractivity contribution in [1.82, 2.24) is 25.1 Å². The van der Waals surface area contributed by atoms with Gasteiger partial charge in [0.25, 0.3) is 0 Å². The summed E-state index contributed by atoms with van der Waals surface area (Å²) in [6.45, 7) is 1.91. The highest BCUT2D eigenvalue weighted by atomic mass is 32.1. The van der Waals surface area contributed by atoms with Crippen LogP contribution in [0.3, 0.4) is 0 Å². The summed E-state index contributed by atoms with van der Waals surface area (Å²) in [4.78, 5) is 16.7. The monoisotopic (exact) mass is 274 g/mol. The number of thiazole rings is 1. The maximum atomic E-state index is 5.56. The second kappa shape index (κ2) is 4.73. The van der Waals surface area contributed by atoms with E-state index in [0.717, 1.165) is 11.3 Å². The van der Waals surface area contributed by atoms with Gasteiger partial charge < -0.3 is 10.3 Å². The second-order valence-electron chi connectivity index (χ2n) is 3.95. The average molecular weight is 274 g/mol. The number of rotatable bonds is 3. The fraction of sp³-hybridized carbons (Fsp3) is 0.182. The molecular weight excluding hydrogens is 264 g/mol. The summed E-state index contributed by atoms with van der Waals surface area (Å²) in [5.74, 6) is 1.28. The van der Waals surface area contributed by atoms with Gasteiger partial charge in [0.2, 0.25) is 17.5 Å². The van der Waals surface area contributed by atoms with Crippen molar-refractivity contribution >= 4 is 16.5 Å². The van der Waals surface area contributed by atoms with E-state index in [1.807, 2.05) is 12.3 Å². The number of aryl methyl sites for hydroxylation is 1. The van der Waals surface area contributed by atoms with Crippen molar-refractivity contribution < 1.29 is 4.52 Å². The van der Waals surface area contributed by atoms with Crippen LogP contribution < -0.4 is 5.73 Å². The van der Waals surface area contributed by atoms with Gasteiger partial charge in [0.15, 0.2) is 5.13 Å². The van der Waals surface area contributed by atoms with Gasteiger partial charge in [-0.2, -0.15) is 4.98 Å². The molecule has 3 heterocycles. The van der Waals surface area contributed by atoms with Crippen molar-refractivity contribution in [3.05, 3.63) is 34.9 Å². The minimum atomic E-state index is 0.373. The van der Waals surface area contributed by atoms with E-state index in [-0.39, 0.29) is 0 Å². The number of aromatic nitrogens is 5. The molecule has 3 rings (SSSR count). The molecule has 8 heteroatoms. The molecule has 0 bridgehead atoms. The molecule has 0 fully saturated rings. The maximum Gasteiger partial charge on any atom is 0.240 e. The van der Waals surface area contributed by atoms with Gasteiger partial charge in [0.1, 0.15) is 0 Å². The molecule has 3 aromatic rings. The molecule has 0 aliphatic carbocycles. The summed E-state index contributed by atoms with van der Waals surface area (Å²) in [5.41, 5.74) is 7.35. The Hall–Kier alpha value is -2.35. The smallest absolute Gasteiger partial charge is 0.240 e. The summed E-state index contributed by atoms with van der Waals surface area (Å²) in [6.07, 6.45) is 3.87. The van der Waals surface area contributed by atoms with Crippen LogP contribution >= 0.6 is 11.3 Å². The number of nitrogens with two attached hydrogens (primary N) is 1. The first-order valence-electron chi connectivity index (χ1n) is 5.52. The Morgan fingerprint density at radius 2 is 2.00 bits per heavy atom. The number of hydrogen-bond donors (Lipinski definition) is 1. The lowest BCUT2D eigenvalue weighted by Crippen LogP contribution is -1.92. The van der Waals surface area contributed by atoms with Crippen molar-refractivity contribution in [3.8, 4) is 11.6 Å². The molecule has 0 saturated carbocycles. The lowest BCUT2D eigenvalue weighted by atomic mass is 10.3. The normalized spacial score (nSPS) is 10.8. The molecular formula is C11H10N6OS. The Morgan fingerprint density at radius 3 is 2.68 bits per heavy atom. The number of anilines is 1. The SMILES string of the molecule is Cc1cnc(-c2noc(Cc3csc(N)n3)n2)nc1. The van der Waals surface area contributed by atoms with E-state index >= 15 is 0 Å². The van der Waals surface area contributed by atoms with Gasteiger partial charge in [-0.3, -0.25) is 0 Å². The Morgan fingerprint density at radius 1 is 1.21 bits per heavy atom. The van der Waals surface area contributed by atoms with E-state index in [9.17, 15) is 0 Å². The minimum Gasteiger partial charge on any atom is -0.375 e. The molecule has 19 heavy (non-hydrogen) atoms. The minimum absolute atomic E-state index is 0.373. The Labute approximate surface area is 112 Å². The summed E-state index contributed by atoms with van der Waals surface area (Å²) < 4.78 is 5.15. The molecule has 0 spiro atoms. The molecule has 0 aliphatic heterocycles. The first kappa shape index (κ1) is 11.7. The zero-order chi connectivity index (χ0) is 13.2. The van der Waals surface area contributed by atoms with E-state index < -0.39 is 0 Å². The molecule has 2 N–H and O–H groups in total. The van der Waals surface area contributed by atoms with Crippen LogP contribution in [0.1, 0.15) is 17.1 Å². The lowest BCUT2D eigenvalue weighted by molar-refractivity contribution is 0.385. The molecule has 0 aliphatic rings. The van der Waals surface area contributed by atoms with Crippen LogP contribution in [0.2, 0.25) is 0 Å². The van der Waals surface area contributed by atoms with Gasteiger partial charge in [0.05, 0.1) is 12.1 Å². The largest absolute Gasteiger partial charge is 0.375 e. The van der Waals surface area contributed by atoms with Crippen molar-refractivity contribution in [1.29, 1.82) is 0 Å². The van der Waals surface area contributed by atoms with Gasteiger partial charge in [-0.1, -0.05) is 5.16 Å². The van der Waals surface area contributed by atoms with E-state index in [4.69, 9.17) is 10.3 Å². The van der Waals surface area contributed by atoms with E-state index in [0.29, 0.717) is 29.1 Å². The van der Waals surface area contributed by atoms with Gasteiger partial charge in [-0.05, 0) is 12.5 Å². The van der Waals surface area contributed by atoms with E-state index in [1.165, 1.54) is 11.3 Å². The van der Waals surface area contributed by atoms with Crippen molar-refractivity contribution in [3.63, 3.8) is 0 Å². The number of nitrogens with zero attached hydrogens (tertiary/aromatic N) is 5. The number of nitrogen functional groups attached to an aromatic ring is 1. The fourth-order valence-corrected chi connectivity index (χ4v) is 2.05. The molecule has 0 radical (unpaired) electrons. The predicted molar refractivity (Wildman–Crippen MR) is 69.4 cm³/mol.